The Labute approximate surface area is 328 Å². The number of halogens is 2. The second kappa shape index (κ2) is 16.5. The van der Waals surface area contributed by atoms with Crippen LogP contribution < -0.4 is 19.5 Å². The molecule has 4 aliphatic rings. The topological polar surface area (TPSA) is 99.9 Å². The summed E-state index contributed by atoms with van der Waals surface area (Å²) in [6, 6.07) is 20.1. The molecule has 3 atom stereocenters. The maximum Gasteiger partial charge on any atom is 0.142 e. The van der Waals surface area contributed by atoms with Gasteiger partial charge in [-0.05, 0) is 85.3 Å². The van der Waals surface area contributed by atoms with Crippen LogP contribution in [0, 0.1) is 16.7 Å². The highest BCUT2D eigenvalue weighted by atomic mass is 35.5. The third-order valence-electron chi connectivity index (χ3n) is 11.9. The Bertz CT molecular complexity index is 2010. The number of ether oxygens (including phenoxy) is 3. The number of aliphatic hydroxyl groups excluding tert-OH is 1. The number of hydrogen-bond donors (Lipinski definition) is 2. The lowest BCUT2D eigenvalue weighted by Crippen LogP contribution is -2.59. The fourth-order valence-corrected chi connectivity index (χ4v) is 9.33. The van der Waals surface area contributed by atoms with E-state index in [2.05, 4.69) is 45.5 Å². The monoisotopic (exact) mass is 766 g/mol. The van der Waals surface area contributed by atoms with Crippen LogP contribution in [0.1, 0.15) is 91.7 Å². The molecule has 0 amide bonds. The third-order valence-corrected chi connectivity index (χ3v) is 12.5. The van der Waals surface area contributed by atoms with Gasteiger partial charge in [-0.2, -0.15) is 5.26 Å². The van der Waals surface area contributed by atoms with Crippen molar-refractivity contribution in [2.75, 3.05) is 26.2 Å². The van der Waals surface area contributed by atoms with Crippen LogP contribution in [0.2, 0.25) is 10.0 Å². The molecule has 0 radical (unpaired) electrons. The number of rotatable bonds is 14. The number of likely N-dealkylation sites (tertiary alicyclic amines) is 1. The van der Waals surface area contributed by atoms with E-state index < -0.39 is 0 Å². The molecular formula is C44H48Cl2N4O4. The Kier molecular flexibility index (Phi) is 11.3. The van der Waals surface area contributed by atoms with Crippen LogP contribution in [0.3, 0.4) is 0 Å². The van der Waals surface area contributed by atoms with Crippen LogP contribution in [0.25, 0.3) is 11.1 Å². The first kappa shape index (κ1) is 37.1. The van der Waals surface area contributed by atoms with Crippen molar-refractivity contribution in [1.82, 2.24) is 15.2 Å². The van der Waals surface area contributed by atoms with Gasteiger partial charge in [0.05, 0.1) is 28.3 Å². The lowest BCUT2D eigenvalue weighted by molar-refractivity contribution is -0.0608. The maximum absolute atomic E-state index is 10.6. The molecule has 1 aromatic heterocycles. The summed E-state index contributed by atoms with van der Waals surface area (Å²) >= 11 is 14.0. The SMILES string of the molecule is N#Cc1cncc(COc2cc(O[C@H]3CCc4c(-c5cccc(OCCCN6CC7(CCC7)C6)c5Cl)cccc43)c(Cl)cc2CN[C@@H]2CCCC[C@@H]2O)c1. The number of aliphatic hydroxyl groups is 1. The van der Waals surface area contributed by atoms with E-state index in [0.717, 1.165) is 85.1 Å². The Morgan fingerprint density at radius 1 is 0.926 bits per heavy atom. The van der Waals surface area contributed by atoms with Crippen LogP contribution in [0.4, 0.5) is 0 Å². The van der Waals surface area contributed by atoms with Gasteiger partial charge in [0, 0.05) is 67.4 Å². The van der Waals surface area contributed by atoms with Crippen LogP contribution in [-0.2, 0) is 19.6 Å². The Hall–Kier alpha value is -3.84. The Balaban J connectivity index is 0.970. The van der Waals surface area contributed by atoms with Crippen LogP contribution in [0.15, 0.2) is 67.0 Å². The van der Waals surface area contributed by atoms with Gasteiger partial charge in [-0.1, -0.05) is 72.8 Å². The molecule has 8 nitrogen and oxygen atoms in total. The van der Waals surface area contributed by atoms with Crippen molar-refractivity contribution in [2.45, 2.75) is 95.6 Å². The van der Waals surface area contributed by atoms with Crippen molar-refractivity contribution in [2.24, 2.45) is 5.41 Å². The predicted molar refractivity (Wildman–Crippen MR) is 211 cm³/mol. The first-order valence-corrected chi connectivity index (χ1v) is 20.3. The summed E-state index contributed by atoms with van der Waals surface area (Å²) in [5, 5.41) is 24.6. The minimum Gasteiger partial charge on any atom is -0.492 e. The fraction of sp³-hybridized carbons (Fsp3) is 0.455. The molecule has 0 unspecified atom stereocenters. The molecule has 54 heavy (non-hydrogen) atoms. The van der Waals surface area contributed by atoms with E-state index in [9.17, 15) is 10.4 Å². The molecule has 2 heterocycles. The summed E-state index contributed by atoms with van der Waals surface area (Å²) in [5.41, 5.74) is 7.16. The van der Waals surface area contributed by atoms with E-state index in [-0.39, 0.29) is 24.9 Å². The van der Waals surface area contributed by atoms with Gasteiger partial charge < -0.3 is 29.5 Å². The molecule has 3 aromatic carbocycles. The van der Waals surface area contributed by atoms with Crippen molar-refractivity contribution < 1.29 is 19.3 Å². The van der Waals surface area contributed by atoms with Gasteiger partial charge in [0.25, 0.3) is 0 Å². The zero-order valence-corrected chi connectivity index (χ0v) is 32.2. The number of benzene rings is 3. The van der Waals surface area contributed by atoms with Crippen LogP contribution >= 0.6 is 23.2 Å². The van der Waals surface area contributed by atoms with Crippen molar-refractivity contribution >= 4 is 23.2 Å². The largest absolute Gasteiger partial charge is 0.492 e. The first-order chi connectivity index (χ1) is 26.4. The molecule has 0 bridgehead atoms. The number of fused-ring (bicyclic) bond motifs is 1. The number of aromatic nitrogens is 1. The van der Waals surface area contributed by atoms with E-state index in [1.54, 1.807) is 12.3 Å². The second-order valence-corrected chi connectivity index (χ2v) is 16.4. The van der Waals surface area contributed by atoms with Gasteiger partial charge in [0.2, 0.25) is 0 Å². The molecule has 1 spiro atoms. The molecule has 1 saturated heterocycles. The molecule has 1 aliphatic heterocycles. The van der Waals surface area contributed by atoms with Gasteiger partial charge in [-0.3, -0.25) is 4.98 Å². The number of hydrogen-bond acceptors (Lipinski definition) is 8. The highest BCUT2D eigenvalue weighted by molar-refractivity contribution is 6.35. The van der Waals surface area contributed by atoms with Gasteiger partial charge >= 0.3 is 0 Å². The average molecular weight is 768 g/mol. The molecule has 2 saturated carbocycles. The number of pyridine rings is 1. The van der Waals surface area contributed by atoms with Crippen molar-refractivity contribution in [1.29, 1.82) is 5.26 Å². The lowest BCUT2D eigenvalue weighted by Gasteiger charge is -2.56. The van der Waals surface area contributed by atoms with Crippen molar-refractivity contribution in [3.8, 4) is 34.4 Å². The predicted octanol–water partition coefficient (Wildman–Crippen LogP) is 9.22. The van der Waals surface area contributed by atoms with E-state index in [0.29, 0.717) is 45.7 Å². The molecule has 10 heteroatoms. The highest BCUT2D eigenvalue weighted by Gasteiger charge is 2.46. The van der Waals surface area contributed by atoms with E-state index >= 15 is 0 Å². The first-order valence-electron chi connectivity index (χ1n) is 19.5. The van der Waals surface area contributed by atoms with Crippen molar-refractivity contribution in [3.63, 3.8) is 0 Å². The van der Waals surface area contributed by atoms with Gasteiger partial charge in [0.15, 0.2) is 0 Å². The lowest BCUT2D eigenvalue weighted by atomic mass is 9.63. The van der Waals surface area contributed by atoms with Crippen molar-refractivity contribution in [3.05, 3.63) is 105 Å². The zero-order chi connectivity index (χ0) is 37.1. The standard InChI is InChI=1S/C44H48Cl2N4O4/c45-36-20-31(25-49-37-10-1-2-11-38(37)51)41(53-26-30-19-29(22-47)23-48-24-30)21-42(36)54-39-14-13-33-32(7-3-8-34(33)39)35-9-4-12-40(43(35)46)52-18-6-17-50-27-44(28-50)15-5-16-44/h3-4,7-9,12,19-21,23-24,37-39,49,51H,1-2,5-6,10-11,13-18,25-28H2/t37-,38+,39+/m1/s1. The summed E-state index contributed by atoms with van der Waals surface area (Å²) in [6.07, 6.45) is 13.3. The maximum atomic E-state index is 10.6. The molecule has 3 aliphatic carbocycles. The molecule has 2 N–H and O–H groups in total. The number of nitrogens with one attached hydrogen (secondary N) is 1. The Morgan fingerprint density at radius 2 is 1.76 bits per heavy atom. The third kappa shape index (κ3) is 8.08. The van der Waals surface area contributed by atoms with E-state index in [1.165, 1.54) is 44.1 Å². The molecular weight excluding hydrogens is 719 g/mol. The molecule has 3 fully saturated rings. The highest BCUT2D eigenvalue weighted by Crippen LogP contribution is 2.48. The van der Waals surface area contributed by atoms with Gasteiger partial charge in [-0.15, -0.1) is 0 Å². The van der Waals surface area contributed by atoms with Gasteiger partial charge in [0.1, 0.15) is 36.0 Å². The minimum absolute atomic E-state index is 0.0116. The molecule has 4 aromatic rings. The summed E-state index contributed by atoms with van der Waals surface area (Å²) in [5.74, 6) is 1.88. The van der Waals surface area contributed by atoms with E-state index in [1.807, 2.05) is 24.3 Å². The molecule has 8 rings (SSSR count). The van der Waals surface area contributed by atoms with Crippen LogP contribution in [0.5, 0.6) is 17.2 Å². The summed E-state index contributed by atoms with van der Waals surface area (Å²) in [7, 11) is 0. The fourth-order valence-electron chi connectivity index (χ4n) is 8.82. The van der Waals surface area contributed by atoms with Gasteiger partial charge in [-0.25, -0.2) is 0 Å². The smallest absolute Gasteiger partial charge is 0.142 e. The second-order valence-electron chi connectivity index (χ2n) is 15.6. The zero-order valence-electron chi connectivity index (χ0n) is 30.7. The average Bonchev–Trinajstić information content (AvgIpc) is 3.57. The number of nitrogens with zero attached hydrogens (tertiary/aromatic N) is 3. The van der Waals surface area contributed by atoms with E-state index in [4.69, 9.17) is 37.4 Å². The summed E-state index contributed by atoms with van der Waals surface area (Å²) < 4.78 is 19.3. The Morgan fingerprint density at radius 3 is 2.57 bits per heavy atom. The quantitative estimate of drug-likeness (QED) is 0.123. The molecule has 282 valence electrons. The number of nitriles is 1. The summed E-state index contributed by atoms with van der Waals surface area (Å²) in [4.78, 5) is 6.74. The summed E-state index contributed by atoms with van der Waals surface area (Å²) in [6.45, 7) is 4.91. The normalized spacial score (nSPS) is 21.5. The van der Waals surface area contributed by atoms with Crippen LogP contribution in [-0.4, -0.2) is 53.4 Å². The minimum atomic E-state index is -0.377.